The molecule has 3 atom stereocenters. The molecule has 0 spiro atoms. The van der Waals surface area contributed by atoms with Gasteiger partial charge in [-0.2, -0.15) is 0 Å². The number of H-pyrrole nitrogens is 2. The molecule has 3 aromatic carbocycles. The van der Waals surface area contributed by atoms with E-state index in [-0.39, 0.29) is 30.8 Å². The molecule has 6 rings (SSSR count). The van der Waals surface area contributed by atoms with Crippen LogP contribution in [0.1, 0.15) is 16.7 Å². The number of rotatable bonds is 11. The molecule has 6 N–H and O–H groups in total. The standard InChI is InChI=1S/C35H38N6O3/c36-30(18-23-8-2-1-3-9-23)35(44)41-21-28(33(42)37-16-14-24-19-39-31-12-6-4-10-26(24)31)29(22-41)34(43)38-17-15-25-20-40-32-13-7-5-11-27(25)32/h1-13,19-20,28-30,39-40H,14-18,21-22,36H2,(H,37,42)(H,38,43)/t28-,29-,30+/m1/s1. The lowest BCUT2D eigenvalue weighted by molar-refractivity contribution is -0.132. The van der Waals surface area contributed by atoms with Gasteiger partial charge in [0.05, 0.1) is 17.9 Å². The summed E-state index contributed by atoms with van der Waals surface area (Å²) < 4.78 is 0. The van der Waals surface area contributed by atoms with Crippen molar-refractivity contribution in [2.24, 2.45) is 17.6 Å². The van der Waals surface area contributed by atoms with Crippen molar-refractivity contribution in [3.05, 3.63) is 108 Å². The third-order valence-electron chi connectivity index (χ3n) is 8.66. The molecule has 3 heterocycles. The summed E-state index contributed by atoms with van der Waals surface area (Å²) in [5, 5.41) is 8.32. The fourth-order valence-corrected chi connectivity index (χ4v) is 6.28. The Balaban J connectivity index is 1.11. The number of hydrogen-bond donors (Lipinski definition) is 5. The van der Waals surface area contributed by atoms with E-state index >= 15 is 0 Å². The first-order valence-corrected chi connectivity index (χ1v) is 15.2. The minimum Gasteiger partial charge on any atom is -0.361 e. The van der Waals surface area contributed by atoms with Crippen molar-refractivity contribution in [3.8, 4) is 0 Å². The maximum atomic E-state index is 13.5. The van der Waals surface area contributed by atoms with Crippen LogP contribution in [0.15, 0.2) is 91.3 Å². The quantitative estimate of drug-likeness (QED) is 0.161. The summed E-state index contributed by atoms with van der Waals surface area (Å²) in [6.45, 7) is 1.16. The van der Waals surface area contributed by atoms with Crippen LogP contribution in [0.4, 0.5) is 0 Å². The van der Waals surface area contributed by atoms with Crippen LogP contribution >= 0.6 is 0 Å². The summed E-state index contributed by atoms with van der Waals surface area (Å²) in [5.41, 5.74) is 11.6. The number of carbonyl (C=O) groups excluding carboxylic acids is 3. The van der Waals surface area contributed by atoms with Gasteiger partial charge in [0.15, 0.2) is 0 Å². The van der Waals surface area contributed by atoms with Crippen LogP contribution in [0.3, 0.4) is 0 Å². The van der Waals surface area contributed by atoms with Crippen LogP contribution < -0.4 is 16.4 Å². The van der Waals surface area contributed by atoms with E-state index in [9.17, 15) is 14.4 Å². The smallest absolute Gasteiger partial charge is 0.239 e. The van der Waals surface area contributed by atoms with Crippen LogP contribution in [0.2, 0.25) is 0 Å². The highest BCUT2D eigenvalue weighted by molar-refractivity contribution is 5.91. The fraction of sp³-hybridized carbons (Fsp3) is 0.286. The Hall–Kier alpha value is -4.89. The molecule has 0 aliphatic carbocycles. The highest BCUT2D eigenvalue weighted by atomic mass is 16.2. The fourth-order valence-electron chi connectivity index (χ4n) is 6.28. The van der Waals surface area contributed by atoms with Gasteiger partial charge in [0.2, 0.25) is 17.7 Å². The summed E-state index contributed by atoms with van der Waals surface area (Å²) >= 11 is 0. The van der Waals surface area contributed by atoms with Gasteiger partial charge in [-0.05, 0) is 48.1 Å². The van der Waals surface area contributed by atoms with Crippen molar-refractivity contribution < 1.29 is 14.4 Å². The number of aromatic amines is 2. The minimum absolute atomic E-state index is 0.154. The maximum absolute atomic E-state index is 13.5. The van der Waals surface area contributed by atoms with Gasteiger partial charge in [-0.1, -0.05) is 66.7 Å². The molecule has 1 saturated heterocycles. The number of nitrogens with zero attached hydrogens (tertiary/aromatic N) is 1. The molecule has 2 aromatic heterocycles. The predicted molar refractivity (Wildman–Crippen MR) is 172 cm³/mol. The summed E-state index contributed by atoms with van der Waals surface area (Å²) in [7, 11) is 0. The highest BCUT2D eigenvalue weighted by Crippen LogP contribution is 2.26. The zero-order valence-corrected chi connectivity index (χ0v) is 24.6. The molecule has 1 aliphatic rings. The van der Waals surface area contributed by atoms with Crippen molar-refractivity contribution in [2.45, 2.75) is 25.3 Å². The zero-order chi connectivity index (χ0) is 30.5. The number of amides is 3. The summed E-state index contributed by atoms with van der Waals surface area (Å²) in [6, 6.07) is 25.0. The first-order chi connectivity index (χ1) is 21.5. The summed E-state index contributed by atoms with van der Waals surface area (Å²) in [5.74, 6) is -2.04. The molecule has 9 nitrogen and oxygen atoms in total. The molecule has 5 aromatic rings. The van der Waals surface area contributed by atoms with E-state index in [1.165, 1.54) is 0 Å². The Labute approximate surface area is 256 Å². The third kappa shape index (κ3) is 6.38. The van der Waals surface area contributed by atoms with E-state index in [0.717, 1.165) is 38.5 Å². The van der Waals surface area contributed by atoms with Gasteiger partial charge in [-0.25, -0.2) is 0 Å². The monoisotopic (exact) mass is 590 g/mol. The second-order valence-corrected chi connectivity index (χ2v) is 11.6. The molecular weight excluding hydrogens is 552 g/mol. The van der Waals surface area contributed by atoms with Crippen LogP contribution in [-0.2, 0) is 33.6 Å². The molecule has 0 bridgehead atoms. The van der Waals surface area contributed by atoms with E-state index in [4.69, 9.17) is 5.73 Å². The van der Waals surface area contributed by atoms with Crippen molar-refractivity contribution in [1.82, 2.24) is 25.5 Å². The lowest BCUT2D eigenvalue weighted by atomic mass is 9.94. The lowest BCUT2D eigenvalue weighted by Gasteiger charge is -2.21. The van der Waals surface area contributed by atoms with Gasteiger partial charge in [0.1, 0.15) is 0 Å². The zero-order valence-electron chi connectivity index (χ0n) is 24.6. The Morgan fingerprint density at radius 3 is 1.73 bits per heavy atom. The molecule has 226 valence electrons. The topological polar surface area (TPSA) is 136 Å². The average Bonchev–Trinajstić information content (AvgIpc) is 3.79. The molecule has 1 fully saturated rings. The summed E-state index contributed by atoms with van der Waals surface area (Å²) in [4.78, 5) is 48.6. The Morgan fingerprint density at radius 1 is 0.727 bits per heavy atom. The number of likely N-dealkylation sites (tertiary alicyclic amines) is 1. The number of hydrogen-bond acceptors (Lipinski definition) is 4. The highest BCUT2D eigenvalue weighted by Gasteiger charge is 2.44. The van der Waals surface area contributed by atoms with Crippen molar-refractivity contribution in [3.63, 3.8) is 0 Å². The van der Waals surface area contributed by atoms with E-state index in [2.05, 4.69) is 32.7 Å². The number of carbonyl (C=O) groups is 3. The Bertz CT molecular complexity index is 1660. The van der Waals surface area contributed by atoms with Gasteiger partial charge in [0, 0.05) is 60.4 Å². The number of nitrogens with two attached hydrogens (primary N) is 1. The predicted octanol–water partition coefficient (Wildman–Crippen LogP) is 3.31. The van der Waals surface area contributed by atoms with E-state index < -0.39 is 17.9 Å². The lowest BCUT2D eigenvalue weighted by Crippen LogP contribution is -2.44. The van der Waals surface area contributed by atoms with Gasteiger partial charge < -0.3 is 31.2 Å². The average molecular weight is 591 g/mol. The van der Waals surface area contributed by atoms with E-state index in [0.29, 0.717) is 32.4 Å². The van der Waals surface area contributed by atoms with Crippen LogP contribution in [0.5, 0.6) is 0 Å². The van der Waals surface area contributed by atoms with Crippen LogP contribution in [-0.4, -0.2) is 64.8 Å². The molecule has 0 unspecified atom stereocenters. The SMILES string of the molecule is N[C@@H](Cc1ccccc1)C(=O)N1C[C@@H](C(=O)NCCc2c[nH]c3ccccc23)[C@H](C(=O)NCCc2c[nH]c3ccccc23)C1. The number of aromatic nitrogens is 2. The van der Waals surface area contributed by atoms with Gasteiger partial charge >= 0.3 is 0 Å². The molecule has 0 radical (unpaired) electrons. The molecule has 0 saturated carbocycles. The molecule has 9 heteroatoms. The van der Waals surface area contributed by atoms with Crippen LogP contribution in [0, 0.1) is 11.8 Å². The van der Waals surface area contributed by atoms with Crippen molar-refractivity contribution >= 4 is 39.5 Å². The van der Waals surface area contributed by atoms with Crippen LogP contribution in [0.25, 0.3) is 21.8 Å². The second kappa shape index (κ2) is 13.2. The van der Waals surface area contributed by atoms with Gasteiger partial charge in [0.25, 0.3) is 0 Å². The Morgan fingerprint density at radius 2 is 1.20 bits per heavy atom. The van der Waals surface area contributed by atoms with Gasteiger partial charge in [-0.15, -0.1) is 0 Å². The Kier molecular flexibility index (Phi) is 8.74. The number of benzene rings is 3. The second-order valence-electron chi connectivity index (χ2n) is 11.6. The molecule has 1 aliphatic heterocycles. The third-order valence-corrected chi connectivity index (χ3v) is 8.66. The first kappa shape index (κ1) is 29.2. The number of fused-ring (bicyclic) bond motifs is 2. The van der Waals surface area contributed by atoms with Crippen molar-refractivity contribution in [2.75, 3.05) is 26.2 Å². The number of nitrogens with one attached hydrogen (secondary N) is 4. The molecule has 44 heavy (non-hydrogen) atoms. The van der Waals surface area contributed by atoms with E-state index in [1.54, 1.807) is 4.90 Å². The van der Waals surface area contributed by atoms with E-state index in [1.807, 2.05) is 79.1 Å². The van der Waals surface area contributed by atoms with Crippen molar-refractivity contribution in [1.29, 1.82) is 0 Å². The largest absolute Gasteiger partial charge is 0.361 e. The summed E-state index contributed by atoms with van der Waals surface area (Å²) in [6.07, 6.45) is 5.61. The maximum Gasteiger partial charge on any atom is 0.239 e. The molecular formula is C35H38N6O3. The number of para-hydroxylation sites is 2. The molecule has 3 amide bonds. The normalized spacial score (nSPS) is 17.2. The first-order valence-electron chi connectivity index (χ1n) is 15.2. The minimum atomic E-state index is -0.758. The van der Waals surface area contributed by atoms with Gasteiger partial charge in [-0.3, -0.25) is 14.4 Å².